The molecule has 0 aliphatic rings. The average Bonchev–Trinajstić information content (AvgIpc) is 2.79. The quantitative estimate of drug-likeness (QED) is 0.0991. The van der Waals surface area contributed by atoms with E-state index in [0.717, 1.165) is 19.3 Å². The highest BCUT2D eigenvalue weighted by atomic mass is 16.5. The van der Waals surface area contributed by atoms with Crippen LogP contribution in [0.25, 0.3) is 0 Å². The van der Waals surface area contributed by atoms with E-state index in [-0.39, 0.29) is 24.8 Å². The van der Waals surface area contributed by atoms with Crippen LogP contribution in [-0.2, 0) is 19.1 Å². The minimum absolute atomic E-state index is 0.121. The normalized spacial score (nSPS) is 11.2. The Bertz CT molecular complexity index is 433. The van der Waals surface area contributed by atoms with Crippen molar-refractivity contribution in [3.8, 4) is 0 Å². The van der Waals surface area contributed by atoms with Crippen molar-refractivity contribution in [2.24, 2.45) is 5.92 Å². The van der Waals surface area contributed by atoms with E-state index in [2.05, 4.69) is 20.8 Å². The molecule has 0 amide bonds. The molecule has 196 valence electrons. The van der Waals surface area contributed by atoms with Gasteiger partial charge in [-0.3, -0.25) is 9.59 Å². The third kappa shape index (κ3) is 27.1. The molecule has 0 aromatic carbocycles. The number of hydrogen-bond acceptors (Lipinski definition) is 4. The first-order valence-electron chi connectivity index (χ1n) is 14.4. The summed E-state index contributed by atoms with van der Waals surface area (Å²) in [4.78, 5) is 23.2. The van der Waals surface area contributed by atoms with Crippen LogP contribution in [0.15, 0.2) is 0 Å². The maximum atomic E-state index is 11.7. The summed E-state index contributed by atoms with van der Waals surface area (Å²) in [5, 5.41) is 0. The molecule has 0 saturated carbocycles. The molecule has 4 heteroatoms. The van der Waals surface area contributed by atoms with Gasteiger partial charge in [0.1, 0.15) is 0 Å². The van der Waals surface area contributed by atoms with E-state index in [1.165, 1.54) is 103 Å². The monoisotopic (exact) mass is 468 g/mol. The van der Waals surface area contributed by atoms with Crippen molar-refractivity contribution in [3.63, 3.8) is 0 Å². The minimum atomic E-state index is -0.305. The molecule has 0 saturated heterocycles. The Balaban J connectivity index is 3.21. The van der Waals surface area contributed by atoms with Gasteiger partial charge in [-0.1, -0.05) is 130 Å². The summed E-state index contributed by atoms with van der Waals surface area (Å²) < 4.78 is 10.3. The molecule has 33 heavy (non-hydrogen) atoms. The fourth-order valence-corrected chi connectivity index (χ4v) is 3.95. The number of hydrogen-bond donors (Lipinski definition) is 0. The topological polar surface area (TPSA) is 52.6 Å². The largest absolute Gasteiger partial charge is 0.466 e. The molecule has 0 aliphatic heterocycles. The summed E-state index contributed by atoms with van der Waals surface area (Å²) in [6.07, 6.45) is 25.3. The predicted molar refractivity (Wildman–Crippen MR) is 139 cm³/mol. The van der Waals surface area contributed by atoms with Crippen LogP contribution in [0.3, 0.4) is 0 Å². The Hall–Kier alpha value is -1.06. The molecule has 0 aliphatic carbocycles. The molecule has 0 atom stereocenters. The van der Waals surface area contributed by atoms with Gasteiger partial charge in [0.05, 0.1) is 26.1 Å². The number of unbranched alkanes of at least 4 members (excludes halogenated alkanes) is 17. The second kappa shape index (κ2) is 25.6. The van der Waals surface area contributed by atoms with Gasteiger partial charge in [0.2, 0.25) is 0 Å². The van der Waals surface area contributed by atoms with E-state index in [1.807, 2.05) is 0 Å². The van der Waals surface area contributed by atoms with Crippen LogP contribution in [0.4, 0.5) is 0 Å². The van der Waals surface area contributed by atoms with E-state index in [4.69, 9.17) is 9.47 Å². The van der Waals surface area contributed by atoms with Crippen LogP contribution < -0.4 is 0 Å². The fourth-order valence-electron chi connectivity index (χ4n) is 3.95. The molecule has 0 heterocycles. The highest BCUT2D eigenvalue weighted by Crippen LogP contribution is 2.14. The van der Waals surface area contributed by atoms with E-state index in [1.54, 1.807) is 0 Å². The average molecular weight is 469 g/mol. The van der Waals surface area contributed by atoms with E-state index < -0.39 is 0 Å². The molecule has 0 rings (SSSR count). The molecule has 0 aromatic rings. The van der Waals surface area contributed by atoms with Crippen LogP contribution >= 0.6 is 0 Å². The first-order valence-corrected chi connectivity index (χ1v) is 14.4. The Kier molecular flexibility index (Phi) is 24.7. The van der Waals surface area contributed by atoms with Gasteiger partial charge in [0, 0.05) is 0 Å². The van der Waals surface area contributed by atoms with Crippen LogP contribution in [0.2, 0.25) is 0 Å². The molecule has 0 fully saturated rings. The van der Waals surface area contributed by atoms with Crippen molar-refractivity contribution in [2.75, 3.05) is 13.2 Å². The Morgan fingerprint density at radius 2 is 0.848 bits per heavy atom. The lowest BCUT2D eigenvalue weighted by Crippen LogP contribution is -2.12. The van der Waals surface area contributed by atoms with E-state index in [9.17, 15) is 9.59 Å². The Morgan fingerprint density at radius 1 is 0.515 bits per heavy atom. The Morgan fingerprint density at radius 3 is 1.21 bits per heavy atom. The number of esters is 2. The lowest BCUT2D eigenvalue weighted by molar-refractivity contribution is -0.150. The van der Waals surface area contributed by atoms with E-state index in [0.29, 0.717) is 19.1 Å². The summed E-state index contributed by atoms with van der Waals surface area (Å²) in [7, 11) is 0. The van der Waals surface area contributed by atoms with Crippen molar-refractivity contribution < 1.29 is 19.1 Å². The summed E-state index contributed by atoms with van der Waals surface area (Å²) in [6, 6.07) is 0. The number of rotatable bonds is 25. The zero-order valence-corrected chi connectivity index (χ0v) is 22.5. The van der Waals surface area contributed by atoms with Gasteiger partial charge < -0.3 is 9.47 Å². The number of carbonyl (C=O) groups is 2. The van der Waals surface area contributed by atoms with Crippen LogP contribution in [0.5, 0.6) is 0 Å². The maximum absolute atomic E-state index is 11.7. The van der Waals surface area contributed by atoms with Gasteiger partial charge in [0.25, 0.3) is 0 Å². The summed E-state index contributed by atoms with van der Waals surface area (Å²) in [5.41, 5.74) is 0. The third-order valence-corrected chi connectivity index (χ3v) is 6.25. The van der Waals surface area contributed by atoms with Gasteiger partial charge in [-0.15, -0.1) is 0 Å². The van der Waals surface area contributed by atoms with Gasteiger partial charge in [-0.05, 0) is 18.8 Å². The molecular formula is C29H56O4. The third-order valence-electron chi connectivity index (χ3n) is 6.25. The van der Waals surface area contributed by atoms with Crippen molar-refractivity contribution >= 4 is 11.9 Å². The summed E-state index contributed by atoms with van der Waals surface area (Å²) in [6.45, 7) is 7.37. The second-order valence-electron chi connectivity index (χ2n) is 10.1. The highest BCUT2D eigenvalue weighted by molar-refractivity contribution is 5.77. The van der Waals surface area contributed by atoms with Crippen molar-refractivity contribution in [2.45, 2.75) is 156 Å². The first kappa shape index (κ1) is 31.9. The zero-order valence-electron chi connectivity index (χ0n) is 22.5. The molecule has 0 aromatic heterocycles. The second-order valence-corrected chi connectivity index (χ2v) is 10.1. The van der Waals surface area contributed by atoms with Crippen molar-refractivity contribution in [1.29, 1.82) is 0 Å². The molecular weight excluding hydrogens is 412 g/mol. The van der Waals surface area contributed by atoms with E-state index >= 15 is 0 Å². The first-order chi connectivity index (χ1) is 16.1. The number of carbonyl (C=O) groups excluding carboxylic acids is 2. The van der Waals surface area contributed by atoms with Gasteiger partial charge >= 0.3 is 11.9 Å². The molecule has 4 nitrogen and oxygen atoms in total. The molecule has 0 unspecified atom stereocenters. The highest BCUT2D eigenvalue weighted by Gasteiger charge is 2.09. The van der Waals surface area contributed by atoms with Crippen LogP contribution in [0.1, 0.15) is 156 Å². The Labute approximate surface area is 206 Å². The minimum Gasteiger partial charge on any atom is -0.466 e. The molecule has 0 radical (unpaired) electrons. The molecule has 0 spiro atoms. The predicted octanol–water partition coefficient (Wildman–Crippen LogP) is 8.94. The zero-order chi connectivity index (χ0) is 24.4. The smallest absolute Gasteiger partial charge is 0.306 e. The standard InChI is InChI=1S/C29H56O4/c1-4-5-6-7-8-9-10-11-12-13-14-15-16-17-18-19-20-21-25-32-28(30)22-23-29(31)33-26-24-27(2)3/h27H,4-26H2,1-3H3. The van der Waals surface area contributed by atoms with Gasteiger partial charge in [-0.25, -0.2) is 0 Å². The lowest BCUT2D eigenvalue weighted by Gasteiger charge is -2.07. The van der Waals surface area contributed by atoms with Gasteiger partial charge in [0.15, 0.2) is 0 Å². The van der Waals surface area contributed by atoms with Gasteiger partial charge in [-0.2, -0.15) is 0 Å². The summed E-state index contributed by atoms with van der Waals surface area (Å²) >= 11 is 0. The molecule has 0 bridgehead atoms. The maximum Gasteiger partial charge on any atom is 0.306 e. The van der Waals surface area contributed by atoms with Crippen LogP contribution in [0, 0.1) is 5.92 Å². The summed E-state index contributed by atoms with van der Waals surface area (Å²) in [5.74, 6) is -0.0827. The van der Waals surface area contributed by atoms with Crippen molar-refractivity contribution in [1.82, 2.24) is 0 Å². The van der Waals surface area contributed by atoms with Crippen LogP contribution in [-0.4, -0.2) is 25.2 Å². The lowest BCUT2D eigenvalue weighted by atomic mass is 10.0. The molecule has 0 N–H and O–H groups in total. The fraction of sp³-hybridized carbons (Fsp3) is 0.931. The number of ether oxygens (including phenoxy) is 2. The SMILES string of the molecule is CCCCCCCCCCCCCCCCCCCCOC(=O)CCC(=O)OCCC(C)C. The van der Waals surface area contributed by atoms with Crippen molar-refractivity contribution in [3.05, 3.63) is 0 Å².